The molecular weight excluding hydrogens is 154 g/mol. The zero-order valence-corrected chi connectivity index (χ0v) is 7.16. The van der Waals surface area contributed by atoms with Crippen LogP contribution < -0.4 is 5.32 Å². The highest BCUT2D eigenvalue weighted by molar-refractivity contribution is 5.77. The molecule has 0 saturated heterocycles. The van der Waals surface area contributed by atoms with Crippen molar-refractivity contribution < 1.29 is 4.79 Å². The second kappa shape index (κ2) is 3.80. The Bertz CT molecular complexity index is 268. The van der Waals surface area contributed by atoms with Crippen LogP contribution in [-0.2, 0) is 11.2 Å². The maximum Gasteiger partial charge on any atom is 0.225 e. The Hall–Kier alpha value is -1.45. The number of aromatic nitrogens is 2. The van der Waals surface area contributed by atoms with Gasteiger partial charge >= 0.3 is 0 Å². The molecule has 1 aromatic heterocycles. The van der Waals surface area contributed by atoms with Crippen molar-refractivity contribution >= 4 is 5.91 Å². The number of rotatable bonds is 2. The molecule has 0 atom stereocenters. The van der Waals surface area contributed by atoms with Crippen molar-refractivity contribution in [1.29, 1.82) is 0 Å². The van der Waals surface area contributed by atoms with Crippen molar-refractivity contribution in [2.24, 2.45) is 0 Å². The quantitative estimate of drug-likeness (QED) is 0.674. The third kappa shape index (κ3) is 2.30. The summed E-state index contributed by atoms with van der Waals surface area (Å²) in [7, 11) is 1.60. The van der Waals surface area contributed by atoms with E-state index < -0.39 is 0 Å². The van der Waals surface area contributed by atoms with Crippen molar-refractivity contribution in [2.75, 3.05) is 7.05 Å². The van der Waals surface area contributed by atoms with E-state index in [2.05, 4.69) is 15.3 Å². The first-order valence-electron chi connectivity index (χ1n) is 3.70. The molecule has 4 heteroatoms. The first-order chi connectivity index (χ1) is 5.72. The fourth-order valence-electron chi connectivity index (χ4n) is 0.764. The number of aryl methyl sites for hydroxylation is 1. The van der Waals surface area contributed by atoms with Crippen LogP contribution in [0.2, 0.25) is 0 Å². The van der Waals surface area contributed by atoms with Gasteiger partial charge < -0.3 is 5.32 Å². The lowest BCUT2D eigenvalue weighted by Gasteiger charge is -1.98. The number of carbonyl (C=O) groups is 1. The molecule has 0 aliphatic carbocycles. The largest absolute Gasteiger partial charge is 0.359 e. The minimum Gasteiger partial charge on any atom is -0.359 e. The van der Waals surface area contributed by atoms with Crippen molar-refractivity contribution in [2.45, 2.75) is 13.3 Å². The molecule has 0 aromatic carbocycles. The molecule has 12 heavy (non-hydrogen) atoms. The molecule has 0 saturated carbocycles. The highest BCUT2D eigenvalue weighted by Gasteiger charge is 2.01. The predicted molar refractivity (Wildman–Crippen MR) is 44.5 cm³/mol. The first-order valence-corrected chi connectivity index (χ1v) is 3.70. The molecule has 1 N–H and O–H groups in total. The van der Waals surface area contributed by atoms with E-state index in [1.807, 2.05) is 6.92 Å². The van der Waals surface area contributed by atoms with Crippen LogP contribution in [0.15, 0.2) is 12.4 Å². The first kappa shape index (κ1) is 8.64. The predicted octanol–water partition coefficient (Wildman–Crippen LogP) is 0.0735. The van der Waals surface area contributed by atoms with Gasteiger partial charge in [0.1, 0.15) is 0 Å². The molecule has 0 aliphatic heterocycles. The molecule has 0 radical (unpaired) electrons. The van der Waals surface area contributed by atoms with Crippen molar-refractivity contribution in [3.05, 3.63) is 23.8 Å². The van der Waals surface area contributed by atoms with E-state index in [4.69, 9.17) is 0 Å². The van der Waals surface area contributed by atoms with Gasteiger partial charge in [-0.3, -0.25) is 14.8 Å². The van der Waals surface area contributed by atoms with E-state index in [1.165, 1.54) is 0 Å². The van der Waals surface area contributed by atoms with Crippen molar-refractivity contribution in [3.63, 3.8) is 0 Å². The normalized spacial score (nSPS) is 9.50. The van der Waals surface area contributed by atoms with Crippen LogP contribution in [0, 0.1) is 6.92 Å². The summed E-state index contributed by atoms with van der Waals surface area (Å²) in [5, 5.41) is 2.52. The molecule has 1 amide bonds. The molecular formula is C8H11N3O. The number of nitrogens with one attached hydrogen (secondary N) is 1. The molecule has 1 heterocycles. The van der Waals surface area contributed by atoms with E-state index in [-0.39, 0.29) is 5.91 Å². The summed E-state index contributed by atoms with van der Waals surface area (Å²) in [5.74, 6) is -0.0480. The summed E-state index contributed by atoms with van der Waals surface area (Å²) in [5.41, 5.74) is 1.55. The zero-order valence-electron chi connectivity index (χ0n) is 7.16. The average molecular weight is 165 g/mol. The number of carbonyl (C=O) groups excluding carboxylic acids is 1. The Kier molecular flexibility index (Phi) is 2.74. The molecule has 64 valence electrons. The summed E-state index contributed by atoms with van der Waals surface area (Å²) in [6, 6.07) is 0. The van der Waals surface area contributed by atoms with Gasteiger partial charge in [0.05, 0.1) is 17.8 Å². The smallest absolute Gasteiger partial charge is 0.225 e. The van der Waals surface area contributed by atoms with Gasteiger partial charge in [-0.1, -0.05) is 0 Å². The van der Waals surface area contributed by atoms with Gasteiger partial charge in [0.2, 0.25) is 5.91 Å². The molecule has 0 spiro atoms. The number of nitrogens with zero attached hydrogens (tertiary/aromatic N) is 2. The molecule has 1 rings (SSSR count). The van der Waals surface area contributed by atoms with E-state index >= 15 is 0 Å². The van der Waals surface area contributed by atoms with Crippen LogP contribution in [-0.4, -0.2) is 22.9 Å². The fraction of sp³-hybridized carbons (Fsp3) is 0.375. The van der Waals surface area contributed by atoms with Gasteiger partial charge in [0.25, 0.3) is 0 Å². The minimum atomic E-state index is -0.0480. The van der Waals surface area contributed by atoms with Crippen molar-refractivity contribution in [3.8, 4) is 0 Å². The van der Waals surface area contributed by atoms with Gasteiger partial charge in [-0.25, -0.2) is 0 Å². The SMILES string of the molecule is CNC(=O)Cc1cnc(C)cn1. The van der Waals surface area contributed by atoms with Crippen LogP contribution in [0.25, 0.3) is 0 Å². The fourth-order valence-corrected chi connectivity index (χ4v) is 0.764. The Morgan fingerprint density at radius 1 is 1.50 bits per heavy atom. The van der Waals surface area contributed by atoms with Crippen LogP contribution in [0.1, 0.15) is 11.4 Å². The summed E-state index contributed by atoms with van der Waals surface area (Å²) in [4.78, 5) is 19.0. The van der Waals surface area contributed by atoms with Crippen LogP contribution in [0.5, 0.6) is 0 Å². The van der Waals surface area contributed by atoms with Crippen LogP contribution >= 0.6 is 0 Å². The summed E-state index contributed by atoms with van der Waals surface area (Å²) >= 11 is 0. The lowest BCUT2D eigenvalue weighted by Crippen LogP contribution is -2.20. The Labute approximate surface area is 71.0 Å². The van der Waals surface area contributed by atoms with E-state index in [9.17, 15) is 4.79 Å². The summed E-state index contributed by atoms with van der Waals surface area (Å²) in [6.07, 6.45) is 3.56. The van der Waals surface area contributed by atoms with Gasteiger partial charge in [0, 0.05) is 19.4 Å². The van der Waals surface area contributed by atoms with Gasteiger partial charge in [-0.05, 0) is 6.92 Å². The summed E-state index contributed by atoms with van der Waals surface area (Å²) in [6.45, 7) is 1.86. The van der Waals surface area contributed by atoms with Gasteiger partial charge in [-0.15, -0.1) is 0 Å². The standard InChI is InChI=1S/C8H11N3O/c1-6-4-11-7(5-10-6)3-8(12)9-2/h4-5H,3H2,1-2H3,(H,9,12). The number of hydrogen-bond donors (Lipinski definition) is 1. The topological polar surface area (TPSA) is 54.9 Å². The number of amides is 1. The summed E-state index contributed by atoms with van der Waals surface area (Å²) < 4.78 is 0. The van der Waals surface area contributed by atoms with Gasteiger partial charge in [0.15, 0.2) is 0 Å². The Balaban J connectivity index is 2.64. The zero-order chi connectivity index (χ0) is 8.97. The third-order valence-corrected chi connectivity index (χ3v) is 1.45. The number of hydrogen-bond acceptors (Lipinski definition) is 3. The van der Waals surface area contributed by atoms with E-state index in [0.717, 1.165) is 5.69 Å². The highest BCUT2D eigenvalue weighted by atomic mass is 16.1. The second-order valence-corrected chi connectivity index (χ2v) is 2.50. The third-order valence-electron chi connectivity index (χ3n) is 1.45. The monoisotopic (exact) mass is 165 g/mol. The van der Waals surface area contributed by atoms with Crippen LogP contribution in [0.3, 0.4) is 0 Å². The Morgan fingerprint density at radius 2 is 2.25 bits per heavy atom. The van der Waals surface area contributed by atoms with Gasteiger partial charge in [-0.2, -0.15) is 0 Å². The molecule has 0 fully saturated rings. The lowest BCUT2D eigenvalue weighted by atomic mass is 10.3. The van der Waals surface area contributed by atoms with E-state index in [0.29, 0.717) is 12.1 Å². The lowest BCUT2D eigenvalue weighted by molar-refractivity contribution is -0.120. The Morgan fingerprint density at radius 3 is 2.75 bits per heavy atom. The van der Waals surface area contributed by atoms with E-state index in [1.54, 1.807) is 19.4 Å². The molecule has 0 unspecified atom stereocenters. The maximum absolute atomic E-state index is 10.9. The second-order valence-electron chi connectivity index (χ2n) is 2.50. The minimum absolute atomic E-state index is 0.0480. The highest BCUT2D eigenvalue weighted by Crippen LogP contribution is 1.94. The maximum atomic E-state index is 10.9. The molecule has 4 nitrogen and oxygen atoms in total. The average Bonchev–Trinajstić information content (AvgIpc) is 2.09. The molecule has 0 bridgehead atoms. The molecule has 1 aromatic rings. The molecule has 0 aliphatic rings. The van der Waals surface area contributed by atoms with Crippen LogP contribution in [0.4, 0.5) is 0 Å². The van der Waals surface area contributed by atoms with Crippen molar-refractivity contribution in [1.82, 2.24) is 15.3 Å². The number of likely N-dealkylation sites (N-methyl/N-ethyl adjacent to an activating group) is 1.